The average molecular weight is 742 g/mol. The van der Waals surface area contributed by atoms with E-state index in [9.17, 15) is 0 Å². The van der Waals surface area contributed by atoms with Crippen LogP contribution in [0.15, 0.2) is 210 Å². The van der Waals surface area contributed by atoms with Gasteiger partial charge in [0, 0.05) is 17.2 Å². The zero-order valence-corrected chi connectivity index (χ0v) is 31.1. The monoisotopic (exact) mass is 741 g/mol. The van der Waals surface area contributed by atoms with Crippen LogP contribution in [0.25, 0.3) is 43.9 Å². The fourth-order valence-corrected chi connectivity index (χ4v) is 7.53. The Morgan fingerprint density at radius 3 is 1.11 bits per heavy atom. The van der Waals surface area contributed by atoms with E-state index in [-0.39, 0.29) is 0 Å². The number of hydrogen-bond acceptors (Lipinski definition) is 6. The van der Waals surface area contributed by atoms with Gasteiger partial charge >= 0.3 is 0 Å². The maximum absolute atomic E-state index is 5.78. The fraction of sp³-hybridized carbons (Fsp3) is 0.0200. The summed E-state index contributed by atoms with van der Waals surface area (Å²) in [6, 6.07) is 67.0. The standard InChI is InChI=1S/C13H9N.C13H10O.C12H8N2.C12H8OS/c2*1-3-7-12-10(5-1)9-11-6-2-4-8-13(11)14-12;1-2-6-10-9(5-1)13-11-7-3-4-8-12(11)14-10;1-3-7-11-9(5-1)13-10-6-2-4-8-12(10)14-11/h1-9H;1-8H,9H2;2*1-8H. The predicted octanol–water partition coefficient (Wildman–Crippen LogP) is 13.5. The molecular weight excluding hydrogens is 707 g/mol. The first-order chi connectivity index (χ1) is 27.7. The fourth-order valence-electron chi connectivity index (χ4n) is 6.58. The third-order valence-electron chi connectivity index (χ3n) is 9.35. The van der Waals surface area contributed by atoms with Crippen molar-refractivity contribution in [2.75, 3.05) is 0 Å². The number of aromatic nitrogens is 3. The molecule has 2 aromatic heterocycles. The van der Waals surface area contributed by atoms with Gasteiger partial charge in [-0.25, -0.2) is 15.0 Å². The van der Waals surface area contributed by atoms with E-state index in [4.69, 9.17) is 9.47 Å². The summed E-state index contributed by atoms with van der Waals surface area (Å²) in [4.78, 5) is 16.0. The molecule has 0 spiro atoms. The zero-order chi connectivity index (χ0) is 37.5. The number of nitrogens with zero attached hydrogens (tertiary/aromatic N) is 3. The highest BCUT2D eigenvalue weighted by Crippen LogP contribution is 2.46. The number of benzene rings is 8. The number of fused-ring (bicyclic) bond motifs is 8. The first-order valence-corrected chi connectivity index (χ1v) is 19.3. The molecule has 8 aromatic carbocycles. The van der Waals surface area contributed by atoms with Gasteiger partial charge in [0.05, 0.1) is 42.9 Å². The van der Waals surface area contributed by atoms with Crippen molar-refractivity contribution in [1.82, 2.24) is 15.0 Å². The second-order valence-corrected chi connectivity index (χ2v) is 14.3. The molecule has 0 fully saturated rings. The molecule has 0 radical (unpaired) electrons. The van der Waals surface area contributed by atoms with E-state index in [1.165, 1.54) is 31.7 Å². The van der Waals surface area contributed by atoms with E-state index >= 15 is 0 Å². The number of para-hydroxylation sites is 10. The SMILES string of the molecule is c1ccc2c(c1)Cc1ccccc1O2.c1ccc2c(c1)Oc1ccccc1S2.c1ccc2nc3ccccc3cc2c1.c1ccc2nc3ccccc3nc2c1. The molecule has 10 aromatic rings. The van der Waals surface area contributed by atoms with Crippen LogP contribution in [0.3, 0.4) is 0 Å². The van der Waals surface area contributed by atoms with Crippen molar-refractivity contribution in [3.8, 4) is 23.0 Å². The number of ether oxygens (including phenoxy) is 2. The molecule has 2 aliphatic rings. The third-order valence-corrected chi connectivity index (χ3v) is 10.5. The van der Waals surface area contributed by atoms with Crippen molar-refractivity contribution in [3.63, 3.8) is 0 Å². The molecule has 0 N–H and O–H groups in total. The molecule has 4 heterocycles. The van der Waals surface area contributed by atoms with Crippen molar-refractivity contribution in [2.45, 2.75) is 16.2 Å². The first kappa shape index (κ1) is 34.7. The van der Waals surface area contributed by atoms with Gasteiger partial charge in [0.25, 0.3) is 0 Å². The van der Waals surface area contributed by atoms with Gasteiger partial charge in [0.2, 0.25) is 0 Å². The lowest BCUT2D eigenvalue weighted by atomic mass is 10.0. The Hall–Kier alpha value is -7.02. The summed E-state index contributed by atoms with van der Waals surface area (Å²) in [5.74, 6) is 3.89. The highest BCUT2D eigenvalue weighted by atomic mass is 32.2. The van der Waals surface area contributed by atoms with Crippen LogP contribution in [-0.2, 0) is 6.42 Å². The summed E-state index contributed by atoms with van der Waals surface area (Å²) >= 11 is 1.76. The molecule has 0 atom stereocenters. The molecule has 268 valence electrons. The van der Waals surface area contributed by atoms with Crippen LogP contribution in [0.5, 0.6) is 23.0 Å². The quantitative estimate of drug-likeness (QED) is 0.144. The number of pyridine rings is 1. The van der Waals surface area contributed by atoms with E-state index in [0.29, 0.717) is 0 Å². The first-order valence-electron chi connectivity index (χ1n) is 18.5. The van der Waals surface area contributed by atoms with E-state index in [0.717, 1.165) is 62.5 Å². The van der Waals surface area contributed by atoms with Crippen molar-refractivity contribution < 1.29 is 9.47 Å². The topological polar surface area (TPSA) is 57.1 Å². The van der Waals surface area contributed by atoms with Gasteiger partial charge < -0.3 is 9.47 Å². The van der Waals surface area contributed by atoms with Gasteiger partial charge in [-0.15, -0.1) is 0 Å². The Bertz CT molecular complexity index is 2380. The maximum atomic E-state index is 5.78. The third kappa shape index (κ3) is 7.78. The molecule has 0 saturated carbocycles. The summed E-state index contributed by atoms with van der Waals surface area (Å²) in [6.45, 7) is 0. The summed E-state index contributed by atoms with van der Waals surface area (Å²) < 4.78 is 11.5. The minimum Gasteiger partial charge on any atom is -0.457 e. The zero-order valence-electron chi connectivity index (χ0n) is 30.3. The summed E-state index contributed by atoms with van der Waals surface area (Å²) in [5, 5.41) is 2.40. The summed E-state index contributed by atoms with van der Waals surface area (Å²) in [6.07, 6.45) is 0.979. The van der Waals surface area contributed by atoms with E-state index < -0.39 is 0 Å². The normalized spacial score (nSPS) is 11.7. The minimum absolute atomic E-state index is 0.950. The van der Waals surface area contributed by atoms with Crippen LogP contribution < -0.4 is 9.47 Å². The Kier molecular flexibility index (Phi) is 10.0. The number of hydrogen-bond donors (Lipinski definition) is 0. The molecule has 12 rings (SSSR count). The summed E-state index contributed by atoms with van der Waals surface area (Å²) in [5.41, 5.74) is 8.46. The van der Waals surface area contributed by atoms with Gasteiger partial charge in [-0.05, 0) is 90.0 Å². The molecule has 56 heavy (non-hydrogen) atoms. The van der Waals surface area contributed by atoms with Gasteiger partial charge in [0.1, 0.15) is 23.0 Å². The number of rotatable bonds is 0. The molecule has 6 heteroatoms. The Labute approximate surface area is 329 Å². The molecule has 0 bridgehead atoms. The smallest absolute Gasteiger partial charge is 0.141 e. The average Bonchev–Trinajstić information content (AvgIpc) is 3.27. The van der Waals surface area contributed by atoms with E-state index in [2.05, 4.69) is 69.5 Å². The van der Waals surface area contributed by atoms with Crippen LogP contribution in [0.1, 0.15) is 11.1 Å². The van der Waals surface area contributed by atoms with Crippen LogP contribution >= 0.6 is 11.8 Å². The second-order valence-electron chi connectivity index (χ2n) is 13.2. The van der Waals surface area contributed by atoms with Crippen LogP contribution in [0.4, 0.5) is 0 Å². The van der Waals surface area contributed by atoms with E-state index in [1.807, 2.05) is 146 Å². The molecule has 0 amide bonds. The maximum Gasteiger partial charge on any atom is 0.141 e. The molecule has 5 nitrogen and oxygen atoms in total. The molecule has 0 unspecified atom stereocenters. The largest absolute Gasteiger partial charge is 0.457 e. The van der Waals surface area contributed by atoms with Crippen LogP contribution in [-0.4, -0.2) is 15.0 Å². The van der Waals surface area contributed by atoms with Crippen molar-refractivity contribution in [3.05, 3.63) is 211 Å². The van der Waals surface area contributed by atoms with Gasteiger partial charge in [-0.1, -0.05) is 133 Å². The molecule has 0 saturated heterocycles. The predicted molar refractivity (Wildman–Crippen MR) is 229 cm³/mol. The molecular formula is C50H35N3O2S. The van der Waals surface area contributed by atoms with Gasteiger partial charge in [0.15, 0.2) is 0 Å². The Balaban J connectivity index is 0.0000000975. The minimum atomic E-state index is 0.950. The summed E-state index contributed by atoms with van der Waals surface area (Å²) in [7, 11) is 0. The van der Waals surface area contributed by atoms with E-state index in [1.54, 1.807) is 11.8 Å². The lowest BCUT2D eigenvalue weighted by Gasteiger charge is -2.19. The Morgan fingerprint density at radius 2 is 0.643 bits per heavy atom. The molecule has 0 aliphatic carbocycles. The highest BCUT2D eigenvalue weighted by Gasteiger charge is 2.16. The van der Waals surface area contributed by atoms with Crippen LogP contribution in [0.2, 0.25) is 0 Å². The van der Waals surface area contributed by atoms with Crippen molar-refractivity contribution in [1.29, 1.82) is 0 Å². The second kappa shape index (κ2) is 16.1. The van der Waals surface area contributed by atoms with Crippen LogP contribution in [0, 0.1) is 0 Å². The lowest BCUT2D eigenvalue weighted by Crippen LogP contribution is -2.01. The van der Waals surface area contributed by atoms with Gasteiger partial charge in [-0.2, -0.15) is 0 Å². The lowest BCUT2D eigenvalue weighted by molar-refractivity contribution is 0.454. The van der Waals surface area contributed by atoms with Crippen molar-refractivity contribution in [2.24, 2.45) is 0 Å². The Morgan fingerprint density at radius 1 is 0.321 bits per heavy atom. The highest BCUT2D eigenvalue weighted by molar-refractivity contribution is 7.99. The van der Waals surface area contributed by atoms with Gasteiger partial charge in [-0.3, -0.25) is 0 Å². The van der Waals surface area contributed by atoms with Crippen molar-refractivity contribution >= 4 is 55.6 Å². The molecule has 2 aliphatic heterocycles.